The summed E-state index contributed by atoms with van der Waals surface area (Å²) in [6, 6.07) is 9.09. The largest absolute Gasteiger partial charge is 0.375 e. The maximum absolute atomic E-state index is 11.7. The molecule has 0 spiro atoms. The number of amides is 1. The van der Waals surface area contributed by atoms with Crippen LogP contribution in [-0.2, 0) is 9.53 Å². The van der Waals surface area contributed by atoms with Crippen LogP contribution in [0.4, 0.5) is 5.69 Å². The van der Waals surface area contributed by atoms with Gasteiger partial charge in [-0.05, 0) is 30.7 Å². The molecule has 0 aliphatic carbocycles. The van der Waals surface area contributed by atoms with Crippen molar-refractivity contribution in [3.63, 3.8) is 0 Å². The molecule has 1 radical (unpaired) electrons. The Kier molecular flexibility index (Phi) is 4.20. The van der Waals surface area contributed by atoms with E-state index < -0.39 is 0 Å². The highest BCUT2D eigenvalue weighted by molar-refractivity contribution is 5.77. The molecule has 1 saturated heterocycles. The van der Waals surface area contributed by atoms with E-state index in [9.17, 15) is 4.79 Å². The van der Waals surface area contributed by atoms with Crippen LogP contribution in [0.1, 0.15) is 5.56 Å². The molecule has 0 bridgehead atoms. The van der Waals surface area contributed by atoms with Crippen LogP contribution in [-0.4, -0.2) is 50.7 Å². The van der Waals surface area contributed by atoms with Gasteiger partial charge in [0.15, 0.2) is 0 Å². The summed E-state index contributed by atoms with van der Waals surface area (Å²) in [4.78, 5) is 15.9. The molecular weight excluding hydrogens is 228 g/mol. The molecule has 0 atom stereocenters. The predicted molar refractivity (Wildman–Crippen MR) is 70.7 cm³/mol. The molecule has 0 saturated carbocycles. The van der Waals surface area contributed by atoms with Gasteiger partial charge in [0.25, 0.3) is 0 Å². The van der Waals surface area contributed by atoms with Crippen LogP contribution in [0.25, 0.3) is 0 Å². The molecule has 1 aliphatic heterocycles. The highest BCUT2D eigenvalue weighted by atomic mass is 16.5. The normalized spacial score (nSPS) is 15.9. The number of methoxy groups -OCH3 is 1. The third-order valence-corrected chi connectivity index (χ3v) is 3.28. The van der Waals surface area contributed by atoms with Crippen molar-refractivity contribution in [1.29, 1.82) is 0 Å². The molecule has 97 valence electrons. The number of carbonyl (C=O) groups is 1. The fourth-order valence-electron chi connectivity index (χ4n) is 2.27. The Bertz CT molecular complexity index is 412. The lowest BCUT2D eigenvalue weighted by Crippen LogP contribution is -2.49. The second-order valence-electron chi connectivity index (χ2n) is 4.51. The SMILES string of the molecule is COCC(=O)N1CCN(c2cc[c]cc2C)CC1. The van der Waals surface area contributed by atoms with Gasteiger partial charge in [-0.25, -0.2) is 0 Å². The van der Waals surface area contributed by atoms with Gasteiger partial charge in [-0.1, -0.05) is 6.07 Å². The van der Waals surface area contributed by atoms with Gasteiger partial charge in [0, 0.05) is 39.0 Å². The van der Waals surface area contributed by atoms with Crippen molar-refractivity contribution in [3.05, 3.63) is 29.8 Å². The van der Waals surface area contributed by atoms with Gasteiger partial charge in [0.1, 0.15) is 6.61 Å². The quantitative estimate of drug-likeness (QED) is 0.801. The number of piperazine rings is 1. The summed E-state index contributed by atoms with van der Waals surface area (Å²) in [5, 5.41) is 0. The first-order chi connectivity index (χ1) is 8.72. The first kappa shape index (κ1) is 12.9. The average molecular weight is 247 g/mol. The number of carbonyl (C=O) groups excluding carboxylic acids is 1. The lowest BCUT2D eigenvalue weighted by atomic mass is 10.1. The number of ether oxygens (including phenoxy) is 1. The lowest BCUT2D eigenvalue weighted by molar-refractivity contribution is -0.135. The molecule has 18 heavy (non-hydrogen) atoms. The van der Waals surface area contributed by atoms with E-state index in [1.165, 1.54) is 11.3 Å². The van der Waals surface area contributed by atoms with E-state index in [-0.39, 0.29) is 12.5 Å². The second kappa shape index (κ2) is 5.87. The molecule has 1 fully saturated rings. The Morgan fingerprint density at radius 3 is 2.72 bits per heavy atom. The van der Waals surface area contributed by atoms with Crippen molar-refractivity contribution >= 4 is 11.6 Å². The van der Waals surface area contributed by atoms with Crippen LogP contribution < -0.4 is 4.90 Å². The summed E-state index contributed by atoms with van der Waals surface area (Å²) in [6.07, 6.45) is 0. The zero-order valence-electron chi connectivity index (χ0n) is 11.0. The standard InChI is InChI=1S/C14H19N2O2/c1-12-5-3-4-6-13(12)15-7-9-16(10-8-15)14(17)11-18-2/h4-6H,7-11H2,1-2H3. The zero-order chi connectivity index (χ0) is 13.0. The summed E-state index contributed by atoms with van der Waals surface area (Å²) >= 11 is 0. The van der Waals surface area contributed by atoms with E-state index >= 15 is 0 Å². The Morgan fingerprint density at radius 1 is 1.39 bits per heavy atom. The van der Waals surface area contributed by atoms with Gasteiger partial charge in [0.05, 0.1) is 0 Å². The van der Waals surface area contributed by atoms with Crippen molar-refractivity contribution in [3.8, 4) is 0 Å². The lowest BCUT2D eigenvalue weighted by Gasteiger charge is -2.36. The first-order valence-electron chi connectivity index (χ1n) is 6.20. The summed E-state index contributed by atoms with van der Waals surface area (Å²) in [5.74, 6) is 0.0790. The summed E-state index contributed by atoms with van der Waals surface area (Å²) in [5.41, 5.74) is 2.47. The van der Waals surface area contributed by atoms with Crippen molar-refractivity contribution < 1.29 is 9.53 Å². The Labute approximate surface area is 108 Å². The van der Waals surface area contributed by atoms with Crippen molar-refractivity contribution in [2.45, 2.75) is 6.92 Å². The van der Waals surface area contributed by atoms with E-state index in [4.69, 9.17) is 4.74 Å². The van der Waals surface area contributed by atoms with Crippen LogP contribution in [0.3, 0.4) is 0 Å². The Hall–Kier alpha value is -1.55. The number of aryl methyl sites for hydroxylation is 1. The minimum atomic E-state index is 0.0790. The van der Waals surface area contributed by atoms with E-state index in [1.807, 2.05) is 17.0 Å². The number of nitrogens with zero attached hydrogens (tertiary/aromatic N) is 2. The van der Waals surface area contributed by atoms with Gasteiger partial charge < -0.3 is 14.5 Å². The van der Waals surface area contributed by atoms with Gasteiger partial charge in [-0.2, -0.15) is 0 Å². The predicted octanol–water partition coefficient (Wildman–Crippen LogP) is 1.09. The highest BCUT2D eigenvalue weighted by Gasteiger charge is 2.21. The zero-order valence-corrected chi connectivity index (χ0v) is 11.0. The van der Waals surface area contributed by atoms with Crippen molar-refractivity contribution in [2.24, 2.45) is 0 Å². The number of benzene rings is 1. The molecule has 1 aliphatic rings. The molecule has 0 aromatic heterocycles. The minimum absolute atomic E-state index is 0.0790. The molecule has 1 heterocycles. The molecule has 2 rings (SSSR count). The topological polar surface area (TPSA) is 32.8 Å². The van der Waals surface area contributed by atoms with Gasteiger partial charge in [0.2, 0.25) is 5.91 Å². The minimum Gasteiger partial charge on any atom is -0.375 e. The highest BCUT2D eigenvalue weighted by Crippen LogP contribution is 2.20. The van der Waals surface area contributed by atoms with Gasteiger partial charge in [-0.15, -0.1) is 0 Å². The van der Waals surface area contributed by atoms with Crippen molar-refractivity contribution in [2.75, 3.05) is 44.8 Å². The molecule has 1 aromatic carbocycles. The maximum Gasteiger partial charge on any atom is 0.248 e. The molecule has 1 amide bonds. The van der Waals surface area contributed by atoms with E-state index in [0.29, 0.717) is 0 Å². The number of anilines is 1. The van der Waals surface area contributed by atoms with Crippen LogP contribution in [0, 0.1) is 13.0 Å². The molecule has 1 aromatic rings. The maximum atomic E-state index is 11.7. The van der Waals surface area contributed by atoms with Crippen LogP contribution in [0.5, 0.6) is 0 Å². The van der Waals surface area contributed by atoms with Gasteiger partial charge >= 0.3 is 0 Å². The number of hydrogen-bond donors (Lipinski definition) is 0. The Morgan fingerprint density at radius 2 is 2.11 bits per heavy atom. The average Bonchev–Trinajstić information content (AvgIpc) is 2.40. The summed E-state index contributed by atoms with van der Waals surface area (Å²) in [7, 11) is 1.55. The number of rotatable bonds is 3. The molecule has 4 nitrogen and oxygen atoms in total. The fourth-order valence-corrected chi connectivity index (χ4v) is 2.27. The first-order valence-corrected chi connectivity index (χ1v) is 6.20. The van der Waals surface area contributed by atoms with E-state index in [2.05, 4.69) is 24.0 Å². The molecule has 4 heteroatoms. The van der Waals surface area contributed by atoms with Crippen LogP contribution >= 0.6 is 0 Å². The van der Waals surface area contributed by atoms with E-state index in [1.54, 1.807) is 7.11 Å². The summed E-state index contributed by atoms with van der Waals surface area (Å²) in [6.45, 7) is 5.55. The van der Waals surface area contributed by atoms with Crippen LogP contribution in [0.2, 0.25) is 0 Å². The van der Waals surface area contributed by atoms with E-state index in [0.717, 1.165) is 26.2 Å². The molecule has 0 N–H and O–H groups in total. The van der Waals surface area contributed by atoms with Crippen molar-refractivity contribution in [1.82, 2.24) is 4.90 Å². The fraction of sp³-hybridized carbons (Fsp3) is 0.500. The summed E-state index contributed by atoms with van der Waals surface area (Å²) < 4.78 is 4.88. The third-order valence-electron chi connectivity index (χ3n) is 3.28. The molecular formula is C14H19N2O2. The van der Waals surface area contributed by atoms with Crippen LogP contribution in [0.15, 0.2) is 18.2 Å². The molecule has 0 unspecified atom stereocenters. The Balaban J connectivity index is 1.95. The smallest absolute Gasteiger partial charge is 0.248 e. The van der Waals surface area contributed by atoms with Gasteiger partial charge in [-0.3, -0.25) is 4.79 Å². The monoisotopic (exact) mass is 247 g/mol. The third kappa shape index (κ3) is 2.82. The number of hydrogen-bond acceptors (Lipinski definition) is 3. The second-order valence-corrected chi connectivity index (χ2v) is 4.51.